The zero-order chi connectivity index (χ0) is 22.7. The Morgan fingerprint density at radius 3 is 2.35 bits per heavy atom. The lowest BCUT2D eigenvalue weighted by Gasteiger charge is -2.25. The molecule has 0 aliphatic carbocycles. The number of phenols is 1. The largest absolute Gasteiger partial charge is 0.507 e. The number of hydrogen-bond donors (Lipinski definition) is 2. The number of methoxy groups -OCH3 is 3. The summed E-state index contributed by atoms with van der Waals surface area (Å²) in [6.45, 7) is 2.17. The third kappa shape index (κ3) is 4.06. The number of nitrogens with zero attached hydrogens (tertiary/aromatic N) is 1. The van der Waals surface area contributed by atoms with E-state index in [1.807, 2.05) is 6.92 Å². The van der Waals surface area contributed by atoms with Crippen molar-refractivity contribution in [2.75, 3.05) is 34.5 Å². The van der Waals surface area contributed by atoms with E-state index in [0.29, 0.717) is 16.9 Å². The Bertz CT molecular complexity index is 1040. The summed E-state index contributed by atoms with van der Waals surface area (Å²) in [5, 5.41) is 21.0. The van der Waals surface area contributed by atoms with Crippen molar-refractivity contribution < 1.29 is 34.0 Å². The van der Waals surface area contributed by atoms with E-state index in [2.05, 4.69) is 0 Å². The number of hydrogen-bond acceptors (Lipinski definition) is 7. The predicted octanol–water partition coefficient (Wildman–Crippen LogP) is 2.79. The average Bonchev–Trinajstić information content (AvgIpc) is 3.02. The number of carbonyl (C=O) groups is 2. The van der Waals surface area contributed by atoms with E-state index in [1.165, 1.54) is 31.3 Å². The van der Waals surface area contributed by atoms with E-state index in [0.717, 1.165) is 5.56 Å². The van der Waals surface area contributed by atoms with E-state index in [1.54, 1.807) is 31.4 Å². The highest BCUT2D eigenvalue weighted by molar-refractivity contribution is 6.46. The molecule has 2 aromatic carbocycles. The van der Waals surface area contributed by atoms with E-state index >= 15 is 0 Å². The van der Waals surface area contributed by atoms with Gasteiger partial charge in [-0.1, -0.05) is 6.07 Å². The number of ketones is 1. The van der Waals surface area contributed by atoms with Crippen LogP contribution in [-0.4, -0.2) is 61.3 Å². The number of aryl methyl sites for hydroxylation is 1. The van der Waals surface area contributed by atoms with Gasteiger partial charge in [0.2, 0.25) is 0 Å². The summed E-state index contributed by atoms with van der Waals surface area (Å²) in [5.41, 5.74) is 1.62. The van der Waals surface area contributed by atoms with Gasteiger partial charge in [0.15, 0.2) is 11.5 Å². The van der Waals surface area contributed by atoms with Crippen LogP contribution in [0.5, 0.6) is 17.2 Å². The molecule has 1 amide bonds. The summed E-state index contributed by atoms with van der Waals surface area (Å²) < 4.78 is 15.5. The van der Waals surface area contributed by atoms with Gasteiger partial charge in [-0.15, -0.1) is 0 Å². The Morgan fingerprint density at radius 1 is 1.03 bits per heavy atom. The van der Waals surface area contributed by atoms with Crippen molar-refractivity contribution in [3.05, 3.63) is 58.7 Å². The second-order valence-electron chi connectivity index (χ2n) is 7.10. The van der Waals surface area contributed by atoms with Crippen LogP contribution in [0, 0.1) is 6.92 Å². The number of carbonyl (C=O) groups excluding carboxylic acids is 2. The van der Waals surface area contributed by atoms with Crippen molar-refractivity contribution in [3.63, 3.8) is 0 Å². The SMILES string of the molecule is COCCN1C(=O)C(=O)/C(=C(/O)c2ccc(OC)c(C)c2)C1c1ccc(O)c(OC)c1. The van der Waals surface area contributed by atoms with Gasteiger partial charge >= 0.3 is 0 Å². The molecule has 1 aliphatic heterocycles. The molecule has 1 heterocycles. The number of amides is 1. The Hall–Kier alpha value is -3.52. The van der Waals surface area contributed by atoms with Gasteiger partial charge in [-0.05, 0) is 48.4 Å². The standard InChI is InChI=1S/C23H25NO7/c1-13-11-15(6-8-17(13)30-3)21(26)19-20(14-5-7-16(25)18(12-14)31-4)24(9-10-29-2)23(28)22(19)27/h5-8,11-12,20,25-26H,9-10H2,1-4H3/b21-19+. The first-order valence-electron chi connectivity index (χ1n) is 9.63. The molecule has 0 bridgehead atoms. The second-order valence-corrected chi connectivity index (χ2v) is 7.10. The highest BCUT2D eigenvalue weighted by Gasteiger charge is 2.46. The summed E-state index contributed by atoms with van der Waals surface area (Å²) in [7, 11) is 4.44. The third-order valence-corrected chi connectivity index (χ3v) is 5.26. The molecule has 0 spiro atoms. The van der Waals surface area contributed by atoms with Gasteiger partial charge in [0, 0.05) is 19.2 Å². The second kappa shape index (κ2) is 9.09. The van der Waals surface area contributed by atoms with Gasteiger partial charge in [-0.2, -0.15) is 0 Å². The molecule has 1 unspecified atom stereocenters. The Balaban J connectivity index is 2.19. The van der Waals surface area contributed by atoms with Gasteiger partial charge in [-0.3, -0.25) is 9.59 Å². The third-order valence-electron chi connectivity index (χ3n) is 5.26. The summed E-state index contributed by atoms with van der Waals surface area (Å²) in [4.78, 5) is 27.1. The average molecular weight is 427 g/mol. The summed E-state index contributed by atoms with van der Waals surface area (Å²) >= 11 is 0. The molecular weight excluding hydrogens is 402 g/mol. The fraction of sp³-hybridized carbons (Fsp3) is 0.304. The molecule has 2 aromatic rings. The first-order chi connectivity index (χ1) is 14.8. The predicted molar refractivity (Wildman–Crippen MR) is 113 cm³/mol. The molecule has 1 saturated heterocycles. The molecule has 1 atom stereocenters. The smallest absolute Gasteiger partial charge is 0.295 e. The molecule has 0 aromatic heterocycles. The van der Waals surface area contributed by atoms with Crippen LogP contribution in [0.2, 0.25) is 0 Å². The topological polar surface area (TPSA) is 106 Å². The van der Waals surface area contributed by atoms with Crippen LogP contribution in [-0.2, 0) is 14.3 Å². The lowest BCUT2D eigenvalue weighted by molar-refractivity contribution is -0.140. The number of aromatic hydroxyl groups is 1. The molecule has 0 saturated carbocycles. The zero-order valence-electron chi connectivity index (χ0n) is 17.8. The molecule has 0 radical (unpaired) electrons. The van der Waals surface area contributed by atoms with Crippen molar-refractivity contribution in [2.24, 2.45) is 0 Å². The lowest BCUT2D eigenvalue weighted by Crippen LogP contribution is -2.32. The lowest BCUT2D eigenvalue weighted by atomic mass is 9.94. The van der Waals surface area contributed by atoms with Gasteiger partial charge in [-0.25, -0.2) is 0 Å². The zero-order valence-corrected chi connectivity index (χ0v) is 17.8. The van der Waals surface area contributed by atoms with E-state index in [9.17, 15) is 19.8 Å². The fourth-order valence-electron chi connectivity index (χ4n) is 3.69. The van der Waals surface area contributed by atoms with Gasteiger partial charge in [0.25, 0.3) is 11.7 Å². The number of likely N-dealkylation sites (tertiary alicyclic amines) is 1. The summed E-state index contributed by atoms with van der Waals surface area (Å²) in [6, 6.07) is 8.67. The molecule has 164 valence electrons. The van der Waals surface area contributed by atoms with Crippen LogP contribution in [0.3, 0.4) is 0 Å². The highest BCUT2D eigenvalue weighted by Crippen LogP contribution is 2.41. The van der Waals surface area contributed by atoms with E-state index in [-0.39, 0.29) is 36.0 Å². The van der Waals surface area contributed by atoms with E-state index < -0.39 is 17.7 Å². The Labute approximate surface area is 180 Å². The van der Waals surface area contributed by atoms with Crippen LogP contribution in [0.15, 0.2) is 42.0 Å². The van der Waals surface area contributed by atoms with Crippen LogP contribution in [0.25, 0.3) is 5.76 Å². The quantitative estimate of drug-likeness (QED) is 0.398. The molecule has 3 rings (SSSR count). The number of phenolic OH excluding ortho intramolecular Hbond substituents is 1. The molecule has 1 aliphatic rings. The molecular formula is C23H25NO7. The molecule has 1 fully saturated rings. The maximum absolute atomic E-state index is 13.0. The molecule has 31 heavy (non-hydrogen) atoms. The first-order valence-corrected chi connectivity index (χ1v) is 9.63. The van der Waals surface area contributed by atoms with Crippen LogP contribution >= 0.6 is 0 Å². The minimum absolute atomic E-state index is 0.0431. The minimum Gasteiger partial charge on any atom is -0.507 e. The normalized spacial score (nSPS) is 17.8. The van der Waals surface area contributed by atoms with Crippen molar-refractivity contribution in [2.45, 2.75) is 13.0 Å². The van der Waals surface area contributed by atoms with Crippen molar-refractivity contribution in [1.82, 2.24) is 4.90 Å². The number of ether oxygens (including phenoxy) is 3. The Morgan fingerprint density at radius 2 is 1.74 bits per heavy atom. The number of rotatable bonds is 7. The summed E-state index contributed by atoms with van der Waals surface area (Å²) in [5.74, 6) is -1.07. The van der Waals surface area contributed by atoms with Crippen molar-refractivity contribution >= 4 is 17.4 Å². The van der Waals surface area contributed by atoms with Crippen LogP contribution in [0.4, 0.5) is 0 Å². The van der Waals surface area contributed by atoms with Gasteiger partial charge in [0.05, 0.1) is 32.4 Å². The summed E-state index contributed by atoms with van der Waals surface area (Å²) in [6.07, 6.45) is 0. The molecule has 2 N–H and O–H groups in total. The molecule has 8 heteroatoms. The number of aliphatic hydroxyl groups excluding tert-OH is 1. The van der Waals surface area contributed by atoms with Crippen LogP contribution < -0.4 is 9.47 Å². The van der Waals surface area contributed by atoms with Crippen LogP contribution in [0.1, 0.15) is 22.7 Å². The maximum atomic E-state index is 13.0. The molecule has 8 nitrogen and oxygen atoms in total. The van der Waals surface area contributed by atoms with Gasteiger partial charge < -0.3 is 29.3 Å². The fourth-order valence-corrected chi connectivity index (χ4v) is 3.69. The van der Waals surface area contributed by atoms with Gasteiger partial charge in [0.1, 0.15) is 11.5 Å². The van der Waals surface area contributed by atoms with Crippen molar-refractivity contribution in [3.8, 4) is 17.2 Å². The Kier molecular flexibility index (Phi) is 6.50. The first kappa shape index (κ1) is 22.2. The van der Waals surface area contributed by atoms with E-state index in [4.69, 9.17) is 14.2 Å². The number of Topliss-reactive ketones (excluding diaryl/α,β-unsaturated/α-hetero) is 1. The number of aliphatic hydroxyl groups is 1. The number of benzene rings is 2. The minimum atomic E-state index is -0.868. The monoisotopic (exact) mass is 427 g/mol. The highest BCUT2D eigenvalue weighted by atomic mass is 16.5. The maximum Gasteiger partial charge on any atom is 0.295 e. The van der Waals surface area contributed by atoms with Crippen molar-refractivity contribution in [1.29, 1.82) is 0 Å².